The lowest BCUT2D eigenvalue weighted by Gasteiger charge is -2.05. The van der Waals surface area contributed by atoms with Crippen LogP contribution >= 0.6 is 11.6 Å². The largest absolute Gasteiger partial charge is 0.497 e. The zero-order valence-electron chi connectivity index (χ0n) is 11.2. The topological polar surface area (TPSA) is 63.7 Å². The molecule has 6 heteroatoms. The van der Waals surface area contributed by atoms with Crippen LogP contribution in [0.15, 0.2) is 36.5 Å². The molecule has 0 aliphatic rings. The van der Waals surface area contributed by atoms with Crippen LogP contribution in [0.4, 0.5) is 0 Å². The number of hydrogen-bond donors (Lipinski definition) is 0. The number of rotatable bonds is 3. The lowest BCUT2D eigenvalue weighted by Crippen LogP contribution is -1.99. The van der Waals surface area contributed by atoms with Crippen LogP contribution in [0.25, 0.3) is 22.6 Å². The number of nitriles is 1. The summed E-state index contributed by atoms with van der Waals surface area (Å²) in [4.78, 5) is 8.81. The van der Waals surface area contributed by atoms with Crippen LogP contribution in [-0.2, 0) is 6.54 Å². The minimum atomic E-state index is 0.173. The Hall–Kier alpha value is -2.58. The first-order valence-corrected chi connectivity index (χ1v) is 6.64. The van der Waals surface area contributed by atoms with Gasteiger partial charge in [0.1, 0.15) is 23.6 Å². The SMILES string of the molecule is COc1ccc(-c2nc3cc(Cl)cnc3n2CC#N)cc1. The molecule has 0 atom stereocenters. The van der Waals surface area contributed by atoms with Crippen molar-refractivity contribution in [2.45, 2.75) is 6.54 Å². The van der Waals surface area contributed by atoms with E-state index >= 15 is 0 Å². The fraction of sp³-hybridized carbons (Fsp3) is 0.133. The molecule has 0 aliphatic heterocycles. The molecule has 0 amide bonds. The van der Waals surface area contributed by atoms with E-state index in [1.165, 1.54) is 0 Å². The maximum absolute atomic E-state index is 9.03. The standard InChI is InChI=1S/C15H11ClN4O/c1-21-12-4-2-10(3-5-12)14-19-13-8-11(16)9-18-15(13)20(14)7-6-17/h2-5,8-9H,7H2,1H3. The van der Waals surface area contributed by atoms with E-state index in [0.717, 1.165) is 11.3 Å². The predicted molar refractivity (Wildman–Crippen MR) is 80.1 cm³/mol. The van der Waals surface area contributed by atoms with Gasteiger partial charge in [-0.05, 0) is 30.3 Å². The molecule has 1 aromatic carbocycles. The van der Waals surface area contributed by atoms with E-state index in [2.05, 4.69) is 16.0 Å². The summed E-state index contributed by atoms with van der Waals surface area (Å²) in [5.41, 5.74) is 2.20. The first-order valence-electron chi connectivity index (χ1n) is 6.26. The molecule has 0 saturated heterocycles. The Bertz CT molecular complexity index is 833. The van der Waals surface area contributed by atoms with Gasteiger partial charge in [0.15, 0.2) is 5.65 Å². The Kier molecular flexibility index (Phi) is 3.46. The molecular formula is C15H11ClN4O. The number of halogens is 1. The maximum atomic E-state index is 9.03. The normalized spacial score (nSPS) is 10.5. The van der Waals surface area contributed by atoms with Crippen LogP contribution < -0.4 is 4.74 Å². The Labute approximate surface area is 126 Å². The van der Waals surface area contributed by atoms with Gasteiger partial charge >= 0.3 is 0 Å². The molecule has 3 rings (SSSR count). The third kappa shape index (κ3) is 2.41. The number of methoxy groups -OCH3 is 1. The average molecular weight is 299 g/mol. The van der Waals surface area contributed by atoms with E-state index in [1.807, 2.05) is 24.3 Å². The molecule has 5 nitrogen and oxygen atoms in total. The van der Waals surface area contributed by atoms with Crippen molar-refractivity contribution in [3.8, 4) is 23.2 Å². The maximum Gasteiger partial charge on any atom is 0.161 e. The van der Waals surface area contributed by atoms with Crippen molar-refractivity contribution in [1.82, 2.24) is 14.5 Å². The van der Waals surface area contributed by atoms with Crippen molar-refractivity contribution in [2.24, 2.45) is 0 Å². The van der Waals surface area contributed by atoms with Crippen molar-refractivity contribution >= 4 is 22.8 Å². The summed E-state index contributed by atoms with van der Waals surface area (Å²) < 4.78 is 6.92. The highest BCUT2D eigenvalue weighted by Gasteiger charge is 2.14. The van der Waals surface area contributed by atoms with Gasteiger partial charge < -0.3 is 4.74 Å². The molecule has 2 aromatic heterocycles. The van der Waals surface area contributed by atoms with Gasteiger partial charge in [-0.25, -0.2) is 9.97 Å². The van der Waals surface area contributed by atoms with Crippen molar-refractivity contribution < 1.29 is 4.74 Å². The number of imidazole rings is 1. The van der Waals surface area contributed by atoms with Gasteiger partial charge in [0, 0.05) is 11.8 Å². The molecule has 0 radical (unpaired) electrons. The fourth-order valence-corrected chi connectivity index (χ4v) is 2.32. The summed E-state index contributed by atoms with van der Waals surface area (Å²) >= 11 is 5.95. The lowest BCUT2D eigenvalue weighted by atomic mass is 10.2. The molecule has 0 aliphatic carbocycles. The summed E-state index contributed by atoms with van der Waals surface area (Å²) in [6.45, 7) is 0.173. The minimum Gasteiger partial charge on any atom is -0.497 e. The van der Waals surface area contributed by atoms with Crippen LogP contribution in [0.3, 0.4) is 0 Å². The molecule has 0 saturated carbocycles. The third-order valence-electron chi connectivity index (χ3n) is 3.13. The molecule has 0 unspecified atom stereocenters. The first kappa shape index (κ1) is 13.4. The van der Waals surface area contributed by atoms with E-state index in [9.17, 15) is 0 Å². The summed E-state index contributed by atoms with van der Waals surface area (Å²) in [7, 11) is 1.62. The van der Waals surface area contributed by atoms with Gasteiger partial charge in [-0.2, -0.15) is 5.26 Å². The Morgan fingerprint density at radius 2 is 2.10 bits per heavy atom. The molecule has 2 heterocycles. The van der Waals surface area contributed by atoms with E-state index < -0.39 is 0 Å². The second-order valence-electron chi connectivity index (χ2n) is 4.40. The molecule has 104 valence electrons. The van der Waals surface area contributed by atoms with Gasteiger partial charge in [0.25, 0.3) is 0 Å². The number of nitrogens with zero attached hydrogens (tertiary/aromatic N) is 4. The number of aromatic nitrogens is 3. The van der Waals surface area contributed by atoms with Gasteiger partial charge in [0.2, 0.25) is 0 Å². The first-order chi connectivity index (χ1) is 10.2. The smallest absolute Gasteiger partial charge is 0.161 e. The molecule has 0 bridgehead atoms. The Balaban J connectivity index is 2.20. The monoisotopic (exact) mass is 298 g/mol. The summed E-state index contributed by atoms with van der Waals surface area (Å²) in [5.74, 6) is 1.45. The second-order valence-corrected chi connectivity index (χ2v) is 4.84. The van der Waals surface area contributed by atoms with Crippen LogP contribution in [0, 0.1) is 11.3 Å². The fourth-order valence-electron chi connectivity index (χ4n) is 2.17. The van der Waals surface area contributed by atoms with Crippen molar-refractivity contribution in [3.63, 3.8) is 0 Å². The molecule has 0 N–H and O–H groups in total. The highest BCUT2D eigenvalue weighted by Crippen LogP contribution is 2.26. The number of ether oxygens (including phenoxy) is 1. The molecular weight excluding hydrogens is 288 g/mol. The number of hydrogen-bond acceptors (Lipinski definition) is 4. The van der Waals surface area contributed by atoms with Gasteiger partial charge in [-0.3, -0.25) is 4.57 Å². The Morgan fingerprint density at radius 1 is 1.33 bits per heavy atom. The van der Waals surface area contributed by atoms with Crippen LogP contribution in [0.1, 0.15) is 0 Å². The van der Waals surface area contributed by atoms with E-state index in [-0.39, 0.29) is 6.54 Å². The average Bonchev–Trinajstić information content (AvgIpc) is 2.85. The highest BCUT2D eigenvalue weighted by atomic mass is 35.5. The van der Waals surface area contributed by atoms with Gasteiger partial charge in [-0.15, -0.1) is 0 Å². The van der Waals surface area contributed by atoms with Crippen molar-refractivity contribution in [3.05, 3.63) is 41.6 Å². The zero-order chi connectivity index (χ0) is 14.8. The van der Waals surface area contributed by atoms with Crippen LogP contribution in [-0.4, -0.2) is 21.6 Å². The number of fused-ring (bicyclic) bond motifs is 1. The number of pyridine rings is 1. The third-order valence-corrected chi connectivity index (χ3v) is 3.34. The lowest BCUT2D eigenvalue weighted by molar-refractivity contribution is 0.415. The summed E-state index contributed by atoms with van der Waals surface area (Å²) in [6, 6.07) is 11.4. The minimum absolute atomic E-state index is 0.173. The second kappa shape index (κ2) is 5.43. The number of benzene rings is 1. The summed E-state index contributed by atoms with van der Waals surface area (Å²) in [5, 5.41) is 9.55. The van der Waals surface area contributed by atoms with E-state index in [0.29, 0.717) is 22.0 Å². The molecule has 3 aromatic rings. The predicted octanol–water partition coefficient (Wildman–Crippen LogP) is 3.28. The van der Waals surface area contributed by atoms with Gasteiger partial charge in [0.05, 0.1) is 18.2 Å². The van der Waals surface area contributed by atoms with Gasteiger partial charge in [-0.1, -0.05) is 11.6 Å². The highest BCUT2D eigenvalue weighted by molar-refractivity contribution is 6.31. The van der Waals surface area contributed by atoms with Crippen LogP contribution in [0.2, 0.25) is 5.02 Å². The Morgan fingerprint density at radius 3 is 2.76 bits per heavy atom. The molecule has 21 heavy (non-hydrogen) atoms. The van der Waals surface area contributed by atoms with E-state index in [1.54, 1.807) is 23.9 Å². The molecule has 0 spiro atoms. The van der Waals surface area contributed by atoms with Crippen molar-refractivity contribution in [1.29, 1.82) is 5.26 Å². The summed E-state index contributed by atoms with van der Waals surface area (Å²) in [6.07, 6.45) is 1.55. The quantitative estimate of drug-likeness (QED) is 0.744. The van der Waals surface area contributed by atoms with Crippen molar-refractivity contribution in [2.75, 3.05) is 7.11 Å². The molecule has 0 fully saturated rings. The zero-order valence-corrected chi connectivity index (χ0v) is 12.0. The van der Waals surface area contributed by atoms with E-state index in [4.69, 9.17) is 21.6 Å². The van der Waals surface area contributed by atoms with Crippen LogP contribution in [0.5, 0.6) is 5.75 Å².